The molecular formula is C19H22N4O2. The van der Waals surface area contributed by atoms with Gasteiger partial charge in [-0.15, -0.1) is 0 Å². The van der Waals surface area contributed by atoms with Crippen LogP contribution in [0.1, 0.15) is 38.4 Å². The number of hydrogen-bond acceptors (Lipinski definition) is 4. The summed E-state index contributed by atoms with van der Waals surface area (Å²) in [6, 6.07) is 5.87. The van der Waals surface area contributed by atoms with E-state index in [1.807, 2.05) is 36.9 Å². The van der Waals surface area contributed by atoms with Crippen molar-refractivity contribution in [2.45, 2.75) is 20.3 Å². The Hall–Kier alpha value is -2.76. The molecule has 1 fully saturated rings. The number of carbonyl (C=O) groups is 2. The average molecular weight is 338 g/mol. The van der Waals surface area contributed by atoms with Crippen LogP contribution in [0.25, 0.3) is 0 Å². The lowest BCUT2D eigenvalue weighted by Gasteiger charge is -2.22. The lowest BCUT2D eigenvalue weighted by Crippen LogP contribution is -2.37. The van der Waals surface area contributed by atoms with Crippen LogP contribution in [0.4, 0.5) is 0 Å². The number of hydrogen-bond donors (Lipinski definition) is 0. The molecule has 2 amide bonds. The van der Waals surface area contributed by atoms with E-state index in [0.29, 0.717) is 31.9 Å². The number of aryl methyl sites for hydroxylation is 2. The third-order valence-corrected chi connectivity index (χ3v) is 4.46. The van der Waals surface area contributed by atoms with E-state index >= 15 is 0 Å². The first-order valence-electron chi connectivity index (χ1n) is 8.48. The van der Waals surface area contributed by atoms with Crippen LogP contribution in [-0.2, 0) is 0 Å². The third kappa shape index (κ3) is 3.84. The second-order valence-corrected chi connectivity index (χ2v) is 6.35. The Morgan fingerprint density at radius 3 is 2.32 bits per heavy atom. The topological polar surface area (TPSA) is 66.4 Å². The molecule has 3 rings (SSSR count). The molecule has 6 nitrogen and oxygen atoms in total. The highest BCUT2D eigenvalue weighted by Crippen LogP contribution is 2.15. The lowest BCUT2D eigenvalue weighted by molar-refractivity contribution is 0.0715. The zero-order valence-electron chi connectivity index (χ0n) is 14.6. The molecule has 1 saturated heterocycles. The van der Waals surface area contributed by atoms with Gasteiger partial charge in [-0.2, -0.15) is 0 Å². The highest BCUT2D eigenvalue weighted by Gasteiger charge is 2.24. The molecule has 2 heterocycles. The second-order valence-electron chi connectivity index (χ2n) is 6.35. The molecule has 0 saturated carbocycles. The van der Waals surface area contributed by atoms with Crippen molar-refractivity contribution in [3.63, 3.8) is 0 Å². The van der Waals surface area contributed by atoms with Gasteiger partial charge in [0.15, 0.2) is 0 Å². The van der Waals surface area contributed by atoms with E-state index < -0.39 is 0 Å². The molecule has 0 spiro atoms. The summed E-state index contributed by atoms with van der Waals surface area (Å²) in [4.78, 5) is 36.9. The monoisotopic (exact) mass is 338 g/mol. The Morgan fingerprint density at radius 1 is 0.960 bits per heavy atom. The van der Waals surface area contributed by atoms with Gasteiger partial charge in [0, 0.05) is 44.1 Å². The molecule has 0 bridgehead atoms. The maximum atomic E-state index is 12.8. The van der Waals surface area contributed by atoms with Crippen LogP contribution in [0.3, 0.4) is 0 Å². The van der Waals surface area contributed by atoms with Gasteiger partial charge in [0.1, 0.15) is 5.69 Å². The van der Waals surface area contributed by atoms with Gasteiger partial charge < -0.3 is 9.80 Å². The maximum Gasteiger partial charge on any atom is 0.274 e. The normalized spacial score (nSPS) is 15.0. The fourth-order valence-electron chi connectivity index (χ4n) is 3.12. The van der Waals surface area contributed by atoms with Crippen molar-refractivity contribution >= 4 is 11.8 Å². The van der Waals surface area contributed by atoms with E-state index in [2.05, 4.69) is 9.97 Å². The number of nitrogens with zero attached hydrogens (tertiary/aromatic N) is 4. The van der Waals surface area contributed by atoms with Gasteiger partial charge in [0.05, 0.1) is 6.20 Å². The first kappa shape index (κ1) is 17.1. The van der Waals surface area contributed by atoms with Crippen LogP contribution < -0.4 is 0 Å². The molecule has 6 heteroatoms. The van der Waals surface area contributed by atoms with Crippen LogP contribution in [-0.4, -0.2) is 57.8 Å². The fraction of sp³-hybridized carbons (Fsp3) is 0.368. The predicted octanol–water partition coefficient (Wildman–Crippen LogP) is 2.08. The highest BCUT2D eigenvalue weighted by molar-refractivity contribution is 5.96. The molecular weight excluding hydrogens is 316 g/mol. The molecule has 1 aliphatic rings. The molecule has 0 aliphatic carbocycles. The number of carbonyl (C=O) groups excluding carboxylic acids is 2. The highest BCUT2D eigenvalue weighted by atomic mass is 16.2. The Balaban J connectivity index is 1.69. The molecule has 130 valence electrons. The van der Waals surface area contributed by atoms with Crippen LogP contribution in [0.2, 0.25) is 0 Å². The summed E-state index contributed by atoms with van der Waals surface area (Å²) >= 11 is 0. The van der Waals surface area contributed by atoms with Gasteiger partial charge in [0.2, 0.25) is 0 Å². The van der Waals surface area contributed by atoms with Gasteiger partial charge in [-0.05, 0) is 31.9 Å². The van der Waals surface area contributed by atoms with Crippen molar-refractivity contribution < 1.29 is 9.59 Å². The summed E-state index contributed by atoms with van der Waals surface area (Å²) in [7, 11) is 0. The molecule has 1 aliphatic heterocycles. The summed E-state index contributed by atoms with van der Waals surface area (Å²) in [5.41, 5.74) is 3.21. The zero-order chi connectivity index (χ0) is 17.8. The number of aromatic nitrogens is 2. The van der Waals surface area contributed by atoms with Crippen molar-refractivity contribution in [3.8, 4) is 0 Å². The first-order valence-corrected chi connectivity index (χ1v) is 8.48. The Bertz CT molecular complexity index is 776. The first-order chi connectivity index (χ1) is 12.1. The maximum absolute atomic E-state index is 12.8. The van der Waals surface area contributed by atoms with Gasteiger partial charge in [0.25, 0.3) is 11.8 Å². The minimum absolute atomic E-state index is 0.0336. The molecule has 0 radical (unpaired) electrons. The molecule has 0 N–H and O–H groups in total. The Kier molecular flexibility index (Phi) is 5.07. The smallest absolute Gasteiger partial charge is 0.274 e. The summed E-state index contributed by atoms with van der Waals surface area (Å²) in [6.45, 7) is 6.28. The summed E-state index contributed by atoms with van der Waals surface area (Å²) in [5.74, 6) is -0.0970. The third-order valence-electron chi connectivity index (χ3n) is 4.46. The molecule has 0 atom stereocenters. The van der Waals surface area contributed by atoms with Crippen molar-refractivity contribution in [2.75, 3.05) is 26.2 Å². The summed E-state index contributed by atoms with van der Waals surface area (Å²) < 4.78 is 0. The fourth-order valence-corrected chi connectivity index (χ4v) is 3.12. The largest absolute Gasteiger partial charge is 0.337 e. The minimum atomic E-state index is -0.131. The van der Waals surface area contributed by atoms with Crippen LogP contribution in [0, 0.1) is 13.8 Å². The van der Waals surface area contributed by atoms with Crippen molar-refractivity contribution in [1.29, 1.82) is 0 Å². The standard InChI is InChI=1S/C19H22N4O2/c1-14-4-5-16(15(2)12-14)18(24)22-8-3-9-23(11-10-22)19(25)17-13-20-6-7-21-17/h4-7,12-13H,3,8-11H2,1-2H3. The second kappa shape index (κ2) is 7.42. The van der Waals surface area contributed by atoms with E-state index in [9.17, 15) is 9.59 Å². The Labute approximate surface area is 147 Å². The van der Waals surface area contributed by atoms with Gasteiger partial charge in [-0.3, -0.25) is 14.6 Å². The lowest BCUT2D eigenvalue weighted by atomic mass is 10.0. The van der Waals surface area contributed by atoms with Crippen LogP contribution in [0.5, 0.6) is 0 Å². The molecule has 1 aromatic carbocycles. The zero-order valence-corrected chi connectivity index (χ0v) is 14.6. The summed E-state index contributed by atoms with van der Waals surface area (Å²) in [5, 5.41) is 0. The van der Waals surface area contributed by atoms with E-state index in [-0.39, 0.29) is 11.8 Å². The van der Waals surface area contributed by atoms with Crippen LogP contribution in [0.15, 0.2) is 36.8 Å². The number of amides is 2. The van der Waals surface area contributed by atoms with Gasteiger partial charge in [-0.25, -0.2) is 4.98 Å². The van der Waals surface area contributed by atoms with E-state index in [0.717, 1.165) is 23.1 Å². The van der Waals surface area contributed by atoms with Gasteiger partial charge in [-0.1, -0.05) is 17.7 Å². The summed E-state index contributed by atoms with van der Waals surface area (Å²) in [6.07, 6.45) is 5.29. The van der Waals surface area contributed by atoms with Crippen molar-refractivity contribution in [2.24, 2.45) is 0 Å². The molecule has 0 unspecified atom stereocenters. The minimum Gasteiger partial charge on any atom is -0.337 e. The Morgan fingerprint density at radius 2 is 1.68 bits per heavy atom. The van der Waals surface area contributed by atoms with E-state index in [1.54, 1.807) is 11.1 Å². The van der Waals surface area contributed by atoms with E-state index in [4.69, 9.17) is 0 Å². The molecule has 1 aromatic heterocycles. The van der Waals surface area contributed by atoms with E-state index in [1.165, 1.54) is 12.4 Å². The predicted molar refractivity (Wildman–Crippen MR) is 94.4 cm³/mol. The molecule has 2 aromatic rings. The molecule has 25 heavy (non-hydrogen) atoms. The number of rotatable bonds is 2. The number of benzene rings is 1. The van der Waals surface area contributed by atoms with Crippen LogP contribution >= 0.6 is 0 Å². The SMILES string of the molecule is Cc1ccc(C(=O)N2CCCN(C(=O)c3cnccn3)CC2)c(C)c1. The van der Waals surface area contributed by atoms with Gasteiger partial charge >= 0.3 is 0 Å². The average Bonchev–Trinajstić information content (AvgIpc) is 2.87. The van der Waals surface area contributed by atoms with Crippen molar-refractivity contribution in [3.05, 3.63) is 59.2 Å². The van der Waals surface area contributed by atoms with Crippen molar-refractivity contribution in [1.82, 2.24) is 19.8 Å². The quantitative estimate of drug-likeness (QED) is 0.841.